The molecule has 0 aliphatic carbocycles. The second-order valence-electron chi connectivity index (χ2n) is 5.01. The summed E-state index contributed by atoms with van der Waals surface area (Å²) in [7, 11) is 1.93. The largest absolute Gasteiger partial charge is 0.324 e. The first-order valence-electron chi connectivity index (χ1n) is 6.57. The summed E-state index contributed by atoms with van der Waals surface area (Å²) in [6.45, 7) is 2.01. The Balaban J connectivity index is 2.15. The van der Waals surface area contributed by atoms with Crippen LogP contribution in [0.5, 0.6) is 0 Å². The predicted octanol–water partition coefficient (Wildman–Crippen LogP) is 3.84. The molecule has 2 N–H and O–H groups in total. The van der Waals surface area contributed by atoms with Crippen molar-refractivity contribution in [3.8, 4) is 21.6 Å². The van der Waals surface area contributed by atoms with Crippen LogP contribution in [0.1, 0.15) is 18.5 Å². The van der Waals surface area contributed by atoms with Crippen molar-refractivity contribution in [1.82, 2.24) is 9.78 Å². The van der Waals surface area contributed by atoms with Crippen LogP contribution in [0.25, 0.3) is 21.6 Å². The highest BCUT2D eigenvalue weighted by Gasteiger charge is 2.09. The maximum absolute atomic E-state index is 6.07. The summed E-state index contributed by atoms with van der Waals surface area (Å²) in [5, 5.41) is 6.34. The van der Waals surface area contributed by atoms with Gasteiger partial charge < -0.3 is 5.73 Å². The number of hydrogen-bond acceptors (Lipinski definition) is 3. The molecule has 3 nitrogen and oxygen atoms in total. The molecule has 0 aliphatic heterocycles. The third-order valence-electron chi connectivity index (χ3n) is 3.33. The maximum atomic E-state index is 6.07. The summed E-state index contributed by atoms with van der Waals surface area (Å²) < 4.78 is 1.82. The van der Waals surface area contributed by atoms with E-state index in [0.717, 1.165) is 16.7 Å². The lowest BCUT2D eigenvalue weighted by Gasteiger charge is -2.11. The number of nitrogens with zero attached hydrogens (tertiary/aromatic N) is 2. The van der Waals surface area contributed by atoms with E-state index in [1.807, 2.05) is 31.0 Å². The molecule has 0 saturated heterocycles. The van der Waals surface area contributed by atoms with E-state index >= 15 is 0 Å². The van der Waals surface area contributed by atoms with Crippen LogP contribution < -0.4 is 5.73 Å². The van der Waals surface area contributed by atoms with Gasteiger partial charge in [0.25, 0.3) is 0 Å². The van der Waals surface area contributed by atoms with Crippen LogP contribution in [0.3, 0.4) is 0 Å². The fourth-order valence-corrected chi connectivity index (χ4v) is 2.95. The van der Waals surface area contributed by atoms with Crippen LogP contribution in [0.15, 0.2) is 48.1 Å². The van der Waals surface area contributed by atoms with E-state index in [9.17, 15) is 0 Å². The molecular formula is C16H17N3S. The Morgan fingerprint density at radius 3 is 2.60 bits per heavy atom. The Morgan fingerprint density at radius 1 is 1.20 bits per heavy atom. The van der Waals surface area contributed by atoms with Crippen molar-refractivity contribution in [2.45, 2.75) is 13.0 Å². The molecule has 0 bridgehead atoms. The van der Waals surface area contributed by atoms with E-state index in [0.29, 0.717) is 0 Å². The van der Waals surface area contributed by atoms with Crippen LogP contribution >= 0.6 is 11.3 Å². The molecule has 3 rings (SSSR count). The molecule has 20 heavy (non-hydrogen) atoms. The molecule has 1 atom stereocenters. The number of benzene rings is 1. The average molecular weight is 283 g/mol. The van der Waals surface area contributed by atoms with Gasteiger partial charge in [0.15, 0.2) is 0 Å². The first kappa shape index (κ1) is 13.1. The minimum atomic E-state index is 0.0188. The van der Waals surface area contributed by atoms with E-state index in [-0.39, 0.29) is 6.04 Å². The number of aromatic nitrogens is 2. The number of rotatable bonds is 3. The molecule has 0 aliphatic rings. The smallest absolute Gasteiger partial charge is 0.0568 e. The van der Waals surface area contributed by atoms with Crippen LogP contribution in [-0.2, 0) is 7.05 Å². The third kappa shape index (κ3) is 2.53. The molecule has 0 fully saturated rings. The number of nitrogens with two attached hydrogens (primary N) is 1. The van der Waals surface area contributed by atoms with E-state index in [1.54, 1.807) is 11.3 Å². The molecule has 1 aromatic carbocycles. The van der Waals surface area contributed by atoms with Gasteiger partial charge in [-0.25, -0.2) is 0 Å². The SMILES string of the molecule is CC(N)c1cc(-c2cnn(C)c2)cc(-c2cccs2)c1. The molecule has 2 heterocycles. The van der Waals surface area contributed by atoms with Crippen LogP contribution in [0, 0.1) is 0 Å². The number of thiophene rings is 1. The lowest BCUT2D eigenvalue weighted by atomic mass is 9.98. The maximum Gasteiger partial charge on any atom is 0.0568 e. The van der Waals surface area contributed by atoms with Crippen LogP contribution in [0.2, 0.25) is 0 Å². The zero-order valence-electron chi connectivity index (χ0n) is 11.6. The molecular weight excluding hydrogens is 266 g/mol. The number of aryl methyl sites for hydroxylation is 1. The lowest BCUT2D eigenvalue weighted by Crippen LogP contribution is -2.05. The van der Waals surface area contributed by atoms with Crippen molar-refractivity contribution in [3.63, 3.8) is 0 Å². The summed E-state index contributed by atoms with van der Waals surface area (Å²) in [4.78, 5) is 1.26. The monoisotopic (exact) mass is 283 g/mol. The van der Waals surface area contributed by atoms with E-state index in [4.69, 9.17) is 5.73 Å². The van der Waals surface area contributed by atoms with Crippen molar-refractivity contribution in [3.05, 3.63) is 53.7 Å². The molecule has 3 aromatic rings. The summed E-state index contributed by atoms with van der Waals surface area (Å²) in [6.07, 6.45) is 3.91. The second kappa shape index (κ2) is 5.23. The minimum absolute atomic E-state index is 0.0188. The Labute approximate surface area is 122 Å². The second-order valence-corrected chi connectivity index (χ2v) is 5.96. The van der Waals surface area contributed by atoms with Gasteiger partial charge in [0.05, 0.1) is 6.20 Å². The summed E-state index contributed by atoms with van der Waals surface area (Å²) in [5.41, 5.74) is 10.7. The van der Waals surface area contributed by atoms with E-state index in [2.05, 4.69) is 40.8 Å². The van der Waals surface area contributed by atoms with Gasteiger partial charge in [-0.2, -0.15) is 5.10 Å². The summed E-state index contributed by atoms with van der Waals surface area (Å²) in [5.74, 6) is 0. The fourth-order valence-electron chi connectivity index (χ4n) is 2.24. The van der Waals surface area contributed by atoms with Gasteiger partial charge in [0.2, 0.25) is 0 Å². The van der Waals surface area contributed by atoms with Gasteiger partial charge in [0, 0.05) is 29.7 Å². The molecule has 1 unspecified atom stereocenters. The van der Waals surface area contributed by atoms with Crippen LogP contribution in [0.4, 0.5) is 0 Å². The molecule has 0 amide bonds. The minimum Gasteiger partial charge on any atom is -0.324 e. The van der Waals surface area contributed by atoms with Gasteiger partial charge in [-0.3, -0.25) is 4.68 Å². The molecule has 0 saturated carbocycles. The highest BCUT2D eigenvalue weighted by Crippen LogP contribution is 2.32. The van der Waals surface area contributed by atoms with Crippen molar-refractivity contribution in [1.29, 1.82) is 0 Å². The standard InChI is InChI=1S/C16H17N3S/c1-11(17)12-6-13(15-9-18-19(2)10-15)8-14(7-12)16-4-3-5-20-16/h3-11H,17H2,1-2H3. The van der Waals surface area contributed by atoms with Gasteiger partial charge in [-0.15, -0.1) is 11.3 Å². The third-order valence-corrected chi connectivity index (χ3v) is 4.24. The van der Waals surface area contributed by atoms with Crippen LogP contribution in [-0.4, -0.2) is 9.78 Å². The fraction of sp³-hybridized carbons (Fsp3) is 0.188. The quantitative estimate of drug-likeness (QED) is 0.793. The first-order chi connectivity index (χ1) is 9.63. The van der Waals surface area contributed by atoms with Crippen molar-refractivity contribution >= 4 is 11.3 Å². The Bertz CT molecular complexity index is 711. The average Bonchev–Trinajstić information content (AvgIpc) is 3.09. The Morgan fingerprint density at radius 2 is 2.00 bits per heavy atom. The zero-order chi connectivity index (χ0) is 14.1. The van der Waals surface area contributed by atoms with Crippen molar-refractivity contribution in [2.24, 2.45) is 12.8 Å². The normalized spacial score (nSPS) is 12.6. The van der Waals surface area contributed by atoms with Gasteiger partial charge in [-0.05, 0) is 53.3 Å². The molecule has 0 radical (unpaired) electrons. The highest BCUT2D eigenvalue weighted by atomic mass is 32.1. The van der Waals surface area contributed by atoms with E-state index in [1.165, 1.54) is 10.4 Å². The molecule has 102 valence electrons. The predicted molar refractivity (Wildman–Crippen MR) is 84.6 cm³/mol. The van der Waals surface area contributed by atoms with Gasteiger partial charge in [-0.1, -0.05) is 6.07 Å². The lowest BCUT2D eigenvalue weighted by molar-refractivity contribution is 0.768. The highest BCUT2D eigenvalue weighted by molar-refractivity contribution is 7.13. The Hall–Kier alpha value is -1.91. The van der Waals surface area contributed by atoms with Gasteiger partial charge in [0.1, 0.15) is 0 Å². The first-order valence-corrected chi connectivity index (χ1v) is 7.45. The van der Waals surface area contributed by atoms with Crippen molar-refractivity contribution < 1.29 is 0 Å². The Kier molecular flexibility index (Phi) is 3.42. The van der Waals surface area contributed by atoms with Gasteiger partial charge >= 0.3 is 0 Å². The molecule has 4 heteroatoms. The van der Waals surface area contributed by atoms with E-state index < -0.39 is 0 Å². The topological polar surface area (TPSA) is 43.8 Å². The summed E-state index contributed by atoms with van der Waals surface area (Å²) >= 11 is 1.74. The zero-order valence-corrected chi connectivity index (χ0v) is 12.4. The number of hydrogen-bond donors (Lipinski definition) is 1. The molecule has 2 aromatic heterocycles. The molecule has 0 spiro atoms. The summed E-state index contributed by atoms with van der Waals surface area (Å²) in [6, 6.07) is 10.8. The van der Waals surface area contributed by atoms with Crippen molar-refractivity contribution in [2.75, 3.05) is 0 Å².